The first-order valence-corrected chi connectivity index (χ1v) is 1.53. The van der Waals surface area contributed by atoms with E-state index in [9.17, 15) is 4.79 Å². The molecule has 0 aromatic rings. The van der Waals surface area contributed by atoms with Crippen molar-refractivity contribution in [3.8, 4) is 0 Å². The summed E-state index contributed by atoms with van der Waals surface area (Å²) in [6.45, 7) is 4.60. The van der Waals surface area contributed by atoms with Gasteiger partial charge in [-0.2, -0.15) is 0 Å². The van der Waals surface area contributed by atoms with E-state index in [2.05, 4.69) is 6.58 Å². The second-order valence-corrected chi connectivity index (χ2v) is 1.09. The maximum Gasteiger partial charge on any atom is 2.00 e. The standard InChI is InChI=1S/C4H6O2.Ca/c1-3(2)4(5)6;/h1H2,2H3,(H,5,6);/q;+2. The van der Waals surface area contributed by atoms with E-state index in [1.807, 2.05) is 0 Å². The topological polar surface area (TPSA) is 37.3 Å². The summed E-state index contributed by atoms with van der Waals surface area (Å²) in [5.74, 6) is -0.935. The molecular weight excluding hydrogens is 120 g/mol. The summed E-state index contributed by atoms with van der Waals surface area (Å²) < 4.78 is 0. The minimum absolute atomic E-state index is 0. The van der Waals surface area contributed by atoms with Crippen LogP contribution in [0.15, 0.2) is 12.2 Å². The zero-order valence-electron chi connectivity index (χ0n) is 4.27. The zero-order chi connectivity index (χ0) is 5.15. The van der Waals surface area contributed by atoms with Crippen LogP contribution in [0.2, 0.25) is 0 Å². The minimum atomic E-state index is -0.935. The SMILES string of the molecule is C=C(C)C(=O)O.[Ca+2]. The first-order chi connectivity index (χ1) is 2.64. The van der Waals surface area contributed by atoms with E-state index in [0.29, 0.717) is 0 Å². The molecule has 1 N–H and O–H groups in total. The van der Waals surface area contributed by atoms with E-state index in [4.69, 9.17) is 5.11 Å². The van der Waals surface area contributed by atoms with Crippen molar-refractivity contribution in [3.63, 3.8) is 0 Å². The van der Waals surface area contributed by atoms with Gasteiger partial charge in [0.1, 0.15) is 0 Å². The van der Waals surface area contributed by atoms with Crippen LogP contribution in [0.5, 0.6) is 0 Å². The number of hydrogen-bond donors (Lipinski definition) is 1. The van der Waals surface area contributed by atoms with Gasteiger partial charge in [-0.15, -0.1) is 0 Å². The molecule has 0 amide bonds. The number of carbonyl (C=O) groups is 1. The summed E-state index contributed by atoms with van der Waals surface area (Å²) in [7, 11) is 0. The van der Waals surface area contributed by atoms with Gasteiger partial charge in [0.2, 0.25) is 0 Å². The molecule has 0 unspecified atom stereocenters. The van der Waals surface area contributed by atoms with Crippen LogP contribution in [0.25, 0.3) is 0 Å². The van der Waals surface area contributed by atoms with E-state index in [-0.39, 0.29) is 43.3 Å². The van der Waals surface area contributed by atoms with Crippen molar-refractivity contribution >= 4 is 43.7 Å². The molecule has 0 aromatic heterocycles. The van der Waals surface area contributed by atoms with E-state index >= 15 is 0 Å². The van der Waals surface area contributed by atoms with Crippen LogP contribution in [0, 0.1) is 0 Å². The molecule has 0 atom stereocenters. The van der Waals surface area contributed by atoms with E-state index in [1.165, 1.54) is 6.92 Å². The maximum absolute atomic E-state index is 9.60. The Morgan fingerprint density at radius 1 is 1.71 bits per heavy atom. The second kappa shape index (κ2) is 4.62. The molecule has 0 aliphatic rings. The number of aliphatic carboxylic acids is 1. The van der Waals surface area contributed by atoms with Gasteiger partial charge >= 0.3 is 43.7 Å². The van der Waals surface area contributed by atoms with Crippen molar-refractivity contribution in [1.29, 1.82) is 0 Å². The Balaban J connectivity index is 0. The Hall–Kier alpha value is 0.470. The number of hydrogen-bond acceptors (Lipinski definition) is 1. The molecular formula is C4H6CaO2+2. The zero-order valence-corrected chi connectivity index (χ0v) is 6.48. The van der Waals surface area contributed by atoms with Crippen molar-refractivity contribution in [2.24, 2.45) is 0 Å². The van der Waals surface area contributed by atoms with Crippen molar-refractivity contribution in [3.05, 3.63) is 12.2 Å². The van der Waals surface area contributed by atoms with Crippen LogP contribution in [-0.2, 0) is 4.79 Å². The number of carboxylic acid groups (broad SMARTS) is 1. The van der Waals surface area contributed by atoms with Crippen molar-refractivity contribution in [1.82, 2.24) is 0 Å². The fraction of sp³-hybridized carbons (Fsp3) is 0.250. The summed E-state index contributed by atoms with van der Waals surface area (Å²) >= 11 is 0. The van der Waals surface area contributed by atoms with E-state index < -0.39 is 5.97 Å². The molecule has 0 aliphatic heterocycles. The smallest absolute Gasteiger partial charge is 0.478 e. The summed E-state index contributed by atoms with van der Waals surface area (Å²) in [5.41, 5.74) is 0.176. The average molecular weight is 126 g/mol. The molecule has 0 saturated carbocycles. The largest absolute Gasteiger partial charge is 2.00 e. The quantitative estimate of drug-likeness (QED) is 0.404. The average Bonchev–Trinajstić information content (AvgIpc) is 1.36. The van der Waals surface area contributed by atoms with Crippen molar-refractivity contribution in [2.45, 2.75) is 6.92 Å². The van der Waals surface area contributed by atoms with E-state index in [1.54, 1.807) is 0 Å². The Labute approximate surface area is 72.2 Å². The molecule has 0 rings (SSSR count). The van der Waals surface area contributed by atoms with Gasteiger partial charge in [-0.05, 0) is 6.92 Å². The molecule has 7 heavy (non-hydrogen) atoms. The molecule has 2 nitrogen and oxygen atoms in total. The molecule has 0 aromatic carbocycles. The minimum Gasteiger partial charge on any atom is -0.478 e. The third-order valence-corrected chi connectivity index (χ3v) is 0.365. The Morgan fingerprint density at radius 3 is 1.86 bits per heavy atom. The van der Waals surface area contributed by atoms with Crippen LogP contribution >= 0.6 is 0 Å². The fourth-order valence-electron chi connectivity index (χ4n) is 0. The van der Waals surface area contributed by atoms with Gasteiger partial charge in [0.25, 0.3) is 0 Å². The van der Waals surface area contributed by atoms with Gasteiger partial charge in [-0.3, -0.25) is 0 Å². The van der Waals surface area contributed by atoms with Gasteiger partial charge in [-0.25, -0.2) is 4.79 Å². The van der Waals surface area contributed by atoms with E-state index in [0.717, 1.165) is 0 Å². The Bertz CT molecular complexity index is 75.7. The first-order valence-electron chi connectivity index (χ1n) is 1.53. The summed E-state index contributed by atoms with van der Waals surface area (Å²) in [6, 6.07) is 0. The maximum atomic E-state index is 9.60. The van der Waals surface area contributed by atoms with Crippen LogP contribution in [0.1, 0.15) is 6.92 Å². The molecule has 0 aliphatic carbocycles. The third-order valence-electron chi connectivity index (χ3n) is 0.365. The molecule has 0 fully saturated rings. The Kier molecular flexibility index (Phi) is 6.90. The van der Waals surface area contributed by atoms with Crippen LogP contribution in [-0.4, -0.2) is 48.8 Å². The van der Waals surface area contributed by atoms with Crippen LogP contribution in [0.3, 0.4) is 0 Å². The predicted molar refractivity (Wildman–Crippen MR) is 28.2 cm³/mol. The predicted octanol–water partition coefficient (Wildman–Crippen LogP) is 0.266. The second-order valence-electron chi connectivity index (χ2n) is 1.09. The van der Waals surface area contributed by atoms with Crippen molar-refractivity contribution < 1.29 is 9.90 Å². The normalized spacial score (nSPS) is 6.43. The molecule has 0 saturated heterocycles. The van der Waals surface area contributed by atoms with Crippen molar-refractivity contribution in [2.75, 3.05) is 0 Å². The summed E-state index contributed by atoms with van der Waals surface area (Å²) in [5, 5.41) is 7.89. The summed E-state index contributed by atoms with van der Waals surface area (Å²) in [4.78, 5) is 9.60. The van der Waals surface area contributed by atoms with Gasteiger partial charge < -0.3 is 5.11 Å². The third kappa shape index (κ3) is 6.47. The monoisotopic (exact) mass is 126 g/mol. The molecule has 0 spiro atoms. The fourth-order valence-corrected chi connectivity index (χ4v) is 0. The van der Waals surface area contributed by atoms with Gasteiger partial charge in [0.15, 0.2) is 0 Å². The molecule has 0 radical (unpaired) electrons. The first kappa shape index (κ1) is 10.5. The Morgan fingerprint density at radius 2 is 1.86 bits per heavy atom. The molecule has 3 heteroatoms. The van der Waals surface area contributed by atoms with Gasteiger partial charge in [0.05, 0.1) is 0 Å². The van der Waals surface area contributed by atoms with Crippen LogP contribution in [0.4, 0.5) is 0 Å². The number of rotatable bonds is 1. The van der Waals surface area contributed by atoms with Gasteiger partial charge in [-0.1, -0.05) is 6.58 Å². The number of carboxylic acids is 1. The molecule has 0 bridgehead atoms. The van der Waals surface area contributed by atoms with Gasteiger partial charge in [0, 0.05) is 5.57 Å². The molecule has 0 heterocycles. The summed E-state index contributed by atoms with van der Waals surface area (Å²) in [6.07, 6.45) is 0. The van der Waals surface area contributed by atoms with Crippen LogP contribution < -0.4 is 0 Å². The molecule has 34 valence electrons.